The fourth-order valence-electron chi connectivity index (χ4n) is 1.69. The van der Waals surface area contributed by atoms with Gasteiger partial charge in [-0.2, -0.15) is 0 Å². The number of hydrogen-bond donors (Lipinski definition) is 1. The summed E-state index contributed by atoms with van der Waals surface area (Å²) in [5.41, 5.74) is -0.525. The largest absolute Gasteiger partial charge is 0.451 e. The first kappa shape index (κ1) is 18.3. The highest BCUT2D eigenvalue weighted by Crippen LogP contribution is 2.28. The number of rotatable bonds is 6. The minimum absolute atomic E-state index is 0.0445. The van der Waals surface area contributed by atoms with Crippen LogP contribution >= 0.6 is 22.9 Å². The number of amides is 1. The summed E-state index contributed by atoms with van der Waals surface area (Å²) in [4.78, 5) is 43.5. The van der Waals surface area contributed by atoms with E-state index in [9.17, 15) is 29.8 Å². The van der Waals surface area contributed by atoms with E-state index in [1.807, 2.05) is 0 Å². The van der Waals surface area contributed by atoms with Gasteiger partial charge in [-0.05, 0) is 18.2 Å². The lowest BCUT2D eigenvalue weighted by Gasteiger charge is -2.06. The number of nitro groups is 2. The van der Waals surface area contributed by atoms with Crippen LogP contribution in [0.1, 0.15) is 9.67 Å². The van der Waals surface area contributed by atoms with Crippen LogP contribution in [-0.4, -0.2) is 28.3 Å². The molecule has 0 unspecified atom stereocenters. The molecule has 0 fully saturated rings. The summed E-state index contributed by atoms with van der Waals surface area (Å²) in [7, 11) is 0. The molecule has 1 aromatic carbocycles. The third kappa shape index (κ3) is 4.71. The number of ether oxygens (including phenoxy) is 1. The van der Waals surface area contributed by atoms with Gasteiger partial charge in [-0.25, -0.2) is 4.79 Å². The van der Waals surface area contributed by atoms with E-state index in [4.69, 9.17) is 16.3 Å². The van der Waals surface area contributed by atoms with E-state index in [1.165, 1.54) is 18.2 Å². The van der Waals surface area contributed by atoms with Crippen LogP contribution in [0.5, 0.6) is 0 Å². The van der Waals surface area contributed by atoms with Crippen LogP contribution in [0.3, 0.4) is 0 Å². The number of halogens is 1. The number of carbonyl (C=O) groups excluding carboxylic acids is 2. The fraction of sp³-hybridized carbons (Fsp3) is 0.0769. The lowest BCUT2D eigenvalue weighted by molar-refractivity contribution is -0.383. The number of thiophene rings is 1. The van der Waals surface area contributed by atoms with Gasteiger partial charge in [0.1, 0.15) is 10.6 Å². The molecular formula is C13H8ClN3O7S. The smallest absolute Gasteiger partial charge is 0.349 e. The normalized spacial score (nSPS) is 10.1. The molecule has 0 aliphatic carbocycles. The fourth-order valence-corrected chi connectivity index (χ4v) is 2.57. The molecule has 2 aromatic rings. The van der Waals surface area contributed by atoms with Gasteiger partial charge in [0.15, 0.2) is 6.61 Å². The maximum Gasteiger partial charge on any atom is 0.349 e. The SMILES string of the molecule is O=C(COC(=O)c1ccc([N+](=O)[O-])s1)Nc1ccc(Cl)cc1[N+](=O)[O-]. The van der Waals surface area contributed by atoms with E-state index >= 15 is 0 Å². The molecule has 1 amide bonds. The quantitative estimate of drug-likeness (QED) is 0.457. The molecular weight excluding hydrogens is 378 g/mol. The standard InChI is InChI=1S/C13H8ClN3O7S/c14-7-1-2-8(9(5-7)16(20)21)15-11(18)6-24-13(19)10-3-4-12(25-10)17(22)23/h1-5H,6H2,(H,15,18). The Labute approximate surface area is 148 Å². The summed E-state index contributed by atoms with van der Waals surface area (Å²) in [6, 6.07) is 5.99. The third-order valence-electron chi connectivity index (χ3n) is 2.74. The number of carbonyl (C=O) groups is 2. The van der Waals surface area contributed by atoms with Gasteiger partial charge in [0, 0.05) is 17.2 Å². The van der Waals surface area contributed by atoms with Gasteiger partial charge in [-0.1, -0.05) is 22.9 Å². The summed E-state index contributed by atoms with van der Waals surface area (Å²) in [6.45, 7) is -0.718. The first-order chi connectivity index (χ1) is 11.8. The maximum atomic E-state index is 11.8. The van der Waals surface area contributed by atoms with Crippen molar-refractivity contribution in [3.8, 4) is 0 Å². The lowest BCUT2D eigenvalue weighted by Crippen LogP contribution is -2.21. The zero-order valence-corrected chi connectivity index (χ0v) is 13.7. The van der Waals surface area contributed by atoms with Crippen molar-refractivity contribution < 1.29 is 24.2 Å². The topological polar surface area (TPSA) is 142 Å². The molecule has 12 heteroatoms. The molecule has 1 N–H and O–H groups in total. The minimum Gasteiger partial charge on any atom is -0.451 e. The molecule has 0 saturated heterocycles. The Morgan fingerprint density at radius 1 is 1.16 bits per heavy atom. The Morgan fingerprint density at radius 2 is 1.88 bits per heavy atom. The number of anilines is 1. The summed E-state index contributed by atoms with van der Waals surface area (Å²) in [6.07, 6.45) is 0. The highest BCUT2D eigenvalue weighted by atomic mass is 35.5. The summed E-state index contributed by atoms with van der Waals surface area (Å²) in [5.74, 6) is -1.73. The summed E-state index contributed by atoms with van der Waals surface area (Å²) < 4.78 is 4.72. The Balaban J connectivity index is 1.98. The molecule has 0 aliphatic rings. The molecule has 0 aliphatic heterocycles. The Kier molecular flexibility index (Phi) is 5.62. The number of nitro benzene ring substituents is 1. The number of nitrogens with zero attached hydrogens (tertiary/aromatic N) is 2. The van der Waals surface area contributed by atoms with Crippen molar-refractivity contribution in [1.29, 1.82) is 0 Å². The molecule has 0 atom stereocenters. The zero-order chi connectivity index (χ0) is 18.6. The van der Waals surface area contributed by atoms with E-state index in [0.717, 1.165) is 12.1 Å². The van der Waals surface area contributed by atoms with Crippen LogP contribution < -0.4 is 5.32 Å². The molecule has 0 saturated carbocycles. The van der Waals surface area contributed by atoms with Gasteiger partial charge in [-0.3, -0.25) is 25.0 Å². The monoisotopic (exact) mass is 385 g/mol. The minimum atomic E-state index is -0.918. The van der Waals surface area contributed by atoms with E-state index in [-0.39, 0.29) is 20.6 Å². The number of esters is 1. The second-order valence-corrected chi connectivity index (χ2v) is 5.94. The van der Waals surface area contributed by atoms with Crippen LogP contribution in [0.4, 0.5) is 16.4 Å². The Bertz CT molecular complexity index is 867. The van der Waals surface area contributed by atoms with Crippen LogP contribution in [-0.2, 0) is 9.53 Å². The summed E-state index contributed by atoms with van der Waals surface area (Å²) in [5, 5.41) is 23.6. The molecule has 1 aromatic heterocycles. The highest BCUT2D eigenvalue weighted by Gasteiger charge is 2.19. The third-order valence-corrected chi connectivity index (χ3v) is 3.99. The molecule has 1 heterocycles. The highest BCUT2D eigenvalue weighted by molar-refractivity contribution is 7.17. The second-order valence-electron chi connectivity index (χ2n) is 4.44. The van der Waals surface area contributed by atoms with Gasteiger partial charge < -0.3 is 10.1 Å². The van der Waals surface area contributed by atoms with Crippen LogP contribution in [0.15, 0.2) is 30.3 Å². The molecule has 10 nitrogen and oxygen atoms in total. The first-order valence-electron chi connectivity index (χ1n) is 6.43. The van der Waals surface area contributed by atoms with Crippen molar-refractivity contribution in [1.82, 2.24) is 0 Å². The van der Waals surface area contributed by atoms with Gasteiger partial charge in [0.05, 0.1) is 9.85 Å². The van der Waals surface area contributed by atoms with Gasteiger partial charge in [0.25, 0.3) is 11.6 Å². The van der Waals surface area contributed by atoms with Crippen molar-refractivity contribution in [3.63, 3.8) is 0 Å². The average Bonchev–Trinajstić information content (AvgIpc) is 3.04. The second kappa shape index (κ2) is 7.68. The molecule has 0 bridgehead atoms. The van der Waals surface area contributed by atoms with Crippen LogP contribution in [0.25, 0.3) is 0 Å². The van der Waals surface area contributed by atoms with Crippen molar-refractivity contribution in [2.75, 3.05) is 11.9 Å². The summed E-state index contributed by atoms with van der Waals surface area (Å²) >= 11 is 6.26. The number of benzene rings is 1. The average molecular weight is 386 g/mol. The van der Waals surface area contributed by atoms with Crippen molar-refractivity contribution >= 4 is 51.2 Å². The van der Waals surface area contributed by atoms with Gasteiger partial charge in [-0.15, -0.1) is 0 Å². The predicted molar refractivity (Wildman–Crippen MR) is 88.0 cm³/mol. The molecule has 2 rings (SSSR count). The van der Waals surface area contributed by atoms with E-state index in [0.29, 0.717) is 11.3 Å². The Hall–Kier alpha value is -3.05. The predicted octanol–water partition coefficient (Wildman–Crippen LogP) is 3.01. The molecule has 0 spiro atoms. The van der Waals surface area contributed by atoms with Gasteiger partial charge >= 0.3 is 11.0 Å². The van der Waals surface area contributed by atoms with Crippen molar-refractivity contribution in [3.05, 3.63) is 60.5 Å². The number of hydrogen-bond acceptors (Lipinski definition) is 8. The van der Waals surface area contributed by atoms with E-state index in [2.05, 4.69) is 5.32 Å². The molecule has 0 radical (unpaired) electrons. The van der Waals surface area contributed by atoms with Crippen LogP contribution in [0.2, 0.25) is 5.02 Å². The van der Waals surface area contributed by atoms with Gasteiger partial charge in [0.2, 0.25) is 0 Å². The lowest BCUT2D eigenvalue weighted by atomic mass is 10.2. The molecule has 130 valence electrons. The maximum absolute atomic E-state index is 11.8. The van der Waals surface area contributed by atoms with Crippen LogP contribution in [0, 0.1) is 20.2 Å². The van der Waals surface area contributed by atoms with Crippen molar-refractivity contribution in [2.45, 2.75) is 0 Å². The van der Waals surface area contributed by atoms with Crippen molar-refractivity contribution in [2.24, 2.45) is 0 Å². The number of nitrogens with one attached hydrogen (secondary N) is 1. The zero-order valence-electron chi connectivity index (χ0n) is 12.1. The van der Waals surface area contributed by atoms with E-state index in [1.54, 1.807) is 0 Å². The van der Waals surface area contributed by atoms with E-state index < -0.39 is 34.0 Å². The molecule has 25 heavy (non-hydrogen) atoms. The first-order valence-corrected chi connectivity index (χ1v) is 7.62. The Morgan fingerprint density at radius 3 is 2.48 bits per heavy atom.